The molecule has 0 spiro atoms. The third kappa shape index (κ3) is 7.74. The molecule has 2 N–H and O–H groups in total. The van der Waals surface area contributed by atoms with Crippen LogP contribution in [0.25, 0.3) is 0 Å². The highest BCUT2D eigenvalue weighted by molar-refractivity contribution is 6.02. The predicted octanol–water partition coefficient (Wildman–Crippen LogP) is 6.12. The number of carbonyl (C=O) groups is 3. The fourth-order valence-corrected chi connectivity index (χ4v) is 5.21. The lowest BCUT2D eigenvalue weighted by molar-refractivity contribution is -0.127. The van der Waals surface area contributed by atoms with Gasteiger partial charge in [-0.3, -0.25) is 19.3 Å². The first-order chi connectivity index (χ1) is 19.5. The minimum Gasteiger partial charge on any atom is -0.351 e. The lowest BCUT2D eigenvalue weighted by atomic mass is 9.94. The van der Waals surface area contributed by atoms with Gasteiger partial charge in [-0.2, -0.15) is 0 Å². The van der Waals surface area contributed by atoms with E-state index in [9.17, 15) is 18.8 Å². The number of aryl methyl sites for hydroxylation is 1. The number of carbonyl (C=O) groups excluding carboxylic acids is 3. The summed E-state index contributed by atoms with van der Waals surface area (Å²) in [6.07, 6.45) is 7.77. The standard InChI is InChI=1S/C32H37FN4O3/c1-2-23-11-6-7-14-27(23)37(30(39)17-10-16-29(38)36-28-15-8-9-22-34-28)31(24-18-20-25(33)21-19-24)32(40)35-26-12-4-3-5-13-26/h6-9,11,14-15,18-22,26,31H,2-5,10,12-13,16-17H2,1H3,(H,35,40)(H,34,36,38). The van der Waals surface area contributed by atoms with E-state index in [2.05, 4.69) is 15.6 Å². The van der Waals surface area contributed by atoms with Crippen molar-refractivity contribution in [3.63, 3.8) is 0 Å². The van der Waals surface area contributed by atoms with Crippen LogP contribution < -0.4 is 15.5 Å². The molecule has 0 bridgehead atoms. The Kier molecular flexibility index (Phi) is 10.4. The molecule has 0 saturated heterocycles. The van der Waals surface area contributed by atoms with Crippen LogP contribution in [0.15, 0.2) is 72.9 Å². The molecule has 8 heteroatoms. The van der Waals surface area contributed by atoms with Crippen LogP contribution in [-0.4, -0.2) is 28.7 Å². The molecule has 7 nitrogen and oxygen atoms in total. The van der Waals surface area contributed by atoms with Crippen molar-refractivity contribution in [2.24, 2.45) is 0 Å². The Morgan fingerprint density at radius 2 is 1.68 bits per heavy atom. The average molecular weight is 545 g/mol. The van der Waals surface area contributed by atoms with Crippen molar-refractivity contribution in [3.05, 3.63) is 89.9 Å². The second-order valence-corrected chi connectivity index (χ2v) is 10.2. The number of benzene rings is 2. The van der Waals surface area contributed by atoms with Gasteiger partial charge in [-0.1, -0.05) is 62.6 Å². The maximum Gasteiger partial charge on any atom is 0.248 e. The largest absolute Gasteiger partial charge is 0.351 e. The van der Waals surface area contributed by atoms with Crippen LogP contribution in [0.4, 0.5) is 15.9 Å². The Labute approximate surface area is 235 Å². The zero-order valence-corrected chi connectivity index (χ0v) is 22.9. The highest BCUT2D eigenvalue weighted by atomic mass is 19.1. The van der Waals surface area contributed by atoms with E-state index in [4.69, 9.17) is 0 Å². The number of hydrogen-bond donors (Lipinski definition) is 2. The van der Waals surface area contributed by atoms with Gasteiger partial charge in [0.15, 0.2) is 0 Å². The fraction of sp³-hybridized carbons (Fsp3) is 0.375. The molecule has 1 saturated carbocycles. The third-order valence-electron chi connectivity index (χ3n) is 7.27. The van der Waals surface area contributed by atoms with Gasteiger partial charge in [0, 0.05) is 30.8 Å². The molecule has 1 aliphatic rings. The number of nitrogens with one attached hydrogen (secondary N) is 2. The summed E-state index contributed by atoms with van der Waals surface area (Å²) in [5.41, 5.74) is 2.09. The number of pyridine rings is 1. The molecular weight excluding hydrogens is 507 g/mol. The van der Waals surface area contributed by atoms with Crippen molar-refractivity contribution < 1.29 is 18.8 Å². The van der Waals surface area contributed by atoms with Crippen LogP contribution in [0.5, 0.6) is 0 Å². The number of rotatable bonds is 11. The molecule has 4 rings (SSSR count). The molecule has 3 aromatic rings. The van der Waals surface area contributed by atoms with E-state index in [1.54, 1.807) is 41.4 Å². The van der Waals surface area contributed by atoms with Gasteiger partial charge in [0.05, 0.1) is 0 Å². The van der Waals surface area contributed by atoms with Gasteiger partial charge in [-0.25, -0.2) is 9.37 Å². The summed E-state index contributed by atoms with van der Waals surface area (Å²) in [4.78, 5) is 46.0. The minimum atomic E-state index is -0.981. The lowest BCUT2D eigenvalue weighted by Gasteiger charge is -2.34. The molecule has 0 radical (unpaired) electrons. The normalized spacial score (nSPS) is 14.2. The van der Waals surface area contributed by atoms with Crippen molar-refractivity contribution in [1.82, 2.24) is 10.3 Å². The number of hydrogen-bond acceptors (Lipinski definition) is 4. The number of amides is 3. The number of nitrogens with zero attached hydrogens (tertiary/aromatic N) is 2. The summed E-state index contributed by atoms with van der Waals surface area (Å²) in [6.45, 7) is 2.00. The van der Waals surface area contributed by atoms with Crippen LogP contribution in [0, 0.1) is 5.82 Å². The first kappa shape index (κ1) is 28.9. The number of para-hydroxylation sites is 1. The van der Waals surface area contributed by atoms with E-state index in [-0.39, 0.29) is 36.6 Å². The topological polar surface area (TPSA) is 91.4 Å². The van der Waals surface area contributed by atoms with Gasteiger partial charge in [0.2, 0.25) is 17.7 Å². The molecule has 1 aromatic heterocycles. The molecule has 0 aliphatic heterocycles. The molecule has 1 atom stereocenters. The summed E-state index contributed by atoms with van der Waals surface area (Å²) >= 11 is 0. The van der Waals surface area contributed by atoms with Gasteiger partial charge in [0.1, 0.15) is 17.7 Å². The number of halogens is 1. The Morgan fingerprint density at radius 3 is 2.38 bits per heavy atom. The van der Waals surface area contributed by atoms with E-state index in [0.717, 1.165) is 37.7 Å². The summed E-state index contributed by atoms with van der Waals surface area (Å²) in [6, 6.07) is 17.6. The van der Waals surface area contributed by atoms with Crippen LogP contribution in [-0.2, 0) is 20.8 Å². The molecular formula is C32H37FN4O3. The number of aromatic nitrogens is 1. The molecule has 1 aliphatic carbocycles. The second-order valence-electron chi connectivity index (χ2n) is 10.2. The maximum atomic E-state index is 14.0. The summed E-state index contributed by atoms with van der Waals surface area (Å²) in [5, 5.41) is 5.92. The molecule has 210 valence electrons. The van der Waals surface area contributed by atoms with Crippen molar-refractivity contribution in [3.8, 4) is 0 Å². The zero-order chi connectivity index (χ0) is 28.3. The Bertz CT molecular complexity index is 1280. The maximum absolute atomic E-state index is 14.0. The quantitative estimate of drug-likeness (QED) is 0.304. The Hall–Kier alpha value is -4.07. The molecule has 1 unspecified atom stereocenters. The molecule has 40 heavy (non-hydrogen) atoms. The molecule has 3 amide bonds. The van der Waals surface area contributed by atoms with E-state index >= 15 is 0 Å². The smallest absolute Gasteiger partial charge is 0.248 e. The van der Waals surface area contributed by atoms with Gasteiger partial charge in [-0.15, -0.1) is 0 Å². The predicted molar refractivity (Wildman–Crippen MR) is 154 cm³/mol. The zero-order valence-electron chi connectivity index (χ0n) is 22.9. The summed E-state index contributed by atoms with van der Waals surface area (Å²) in [5.74, 6) is -0.767. The first-order valence-electron chi connectivity index (χ1n) is 14.1. The van der Waals surface area contributed by atoms with Gasteiger partial charge >= 0.3 is 0 Å². The highest BCUT2D eigenvalue weighted by Gasteiger charge is 2.34. The highest BCUT2D eigenvalue weighted by Crippen LogP contribution is 2.33. The van der Waals surface area contributed by atoms with Crippen molar-refractivity contribution in [1.29, 1.82) is 0 Å². The Balaban J connectivity index is 1.60. The third-order valence-corrected chi connectivity index (χ3v) is 7.27. The van der Waals surface area contributed by atoms with E-state index < -0.39 is 11.9 Å². The SMILES string of the molecule is CCc1ccccc1N(C(=O)CCCC(=O)Nc1ccccn1)C(C(=O)NC1CCCCC1)c1ccc(F)cc1. The van der Waals surface area contributed by atoms with Crippen molar-refractivity contribution in [2.75, 3.05) is 10.2 Å². The van der Waals surface area contributed by atoms with Gasteiger partial charge < -0.3 is 10.6 Å². The molecule has 2 aromatic carbocycles. The van der Waals surface area contributed by atoms with Crippen LogP contribution >= 0.6 is 0 Å². The number of anilines is 2. The summed E-state index contributed by atoms with van der Waals surface area (Å²) in [7, 11) is 0. The van der Waals surface area contributed by atoms with E-state index in [1.165, 1.54) is 12.1 Å². The monoisotopic (exact) mass is 544 g/mol. The van der Waals surface area contributed by atoms with Crippen molar-refractivity contribution >= 4 is 29.2 Å². The van der Waals surface area contributed by atoms with Crippen molar-refractivity contribution in [2.45, 2.75) is 76.8 Å². The van der Waals surface area contributed by atoms with E-state index in [0.29, 0.717) is 29.9 Å². The van der Waals surface area contributed by atoms with Crippen LogP contribution in [0.3, 0.4) is 0 Å². The van der Waals surface area contributed by atoms with E-state index in [1.807, 2.05) is 31.2 Å². The first-order valence-corrected chi connectivity index (χ1v) is 14.1. The Morgan fingerprint density at radius 1 is 0.950 bits per heavy atom. The molecule has 1 fully saturated rings. The average Bonchev–Trinajstić information content (AvgIpc) is 2.97. The molecule has 1 heterocycles. The second kappa shape index (κ2) is 14.4. The van der Waals surface area contributed by atoms with Gasteiger partial charge in [0.25, 0.3) is 0 Å². The van der Waals surface area contributed by atoms with Gasteiger partial charge in [-0.05, 0) is 67.1 Å². The summed E-state index contributed by atoms with van der Waals surface area (Å²) < 4.78 is 13.9. The van der Waals surface area contributed by atoms with Crippen LogP contribution in [0.1, 0.15) is 75.5 Å². The lowest BCUT2D eigenvalue weighted by Crippen LogP contribution is -2.47. The minimum absolute atomic E-state index is 0.0397. The van der Waals surface area contributed by atoms with Crippen LogP contribution in [0.2, 0.25) is 0 Å². The fourth-order valence-electron chi connectivity index (χ4n) is 5.21.